The molecule has 0 amide bonds. The highest BCUT2D eigenvalue weighted by molar-refractivity contribution is 7.47. The van der Waals surface area contributed by atoms with Crippen molar-refractivity contribution in [3.8, 4) is 0 Å². The van der Waals surface area contributed by atoms with Gasteiger partial charge in [-0.25, -0.2) is 4.57 Å². The first-order valence-corrected chi connectivity index (χ1v) is 5.02. The van der Waals surface area contributed by atoms with E-state index in [-0.39, 0.29) is 6.47 Å². The van der Waals surface area contributed by atoms with Crippen molar-refractivity contribution in [1.29, 1.82) is 0 Å². The van der Waals surface area contributed by atoms with E-state index in [0.29, 0.717) is 0 Å². The van der Waals surface area contributed by atoms with Gasteiger partial charge in [0.15, 0.2) is 12.4 Å². The third kappa shape index (κ3) is 6.62. The molecule has 1 N–H and O–H groups in total. The van der Waals surface area contributed by atoms with Crippen LogP contribution in [0.1, 0.15) is 6.92 Å². The van der Waals surface area contributed by atoms with Crippen molar-refractivity contribution in [1.82, 2.24) is 0 Å². The molecule has 0 aliphatic heterocycles. The summed E-state index contributed by atoms with van der Waals surface area (Å²) in [6, 6.07) is 0. The first-order valence-electron chi connectivity index (χ1n) is 3.52. The maximum atomic E-state index is 10.8. The van der Waals surface area contributed by atoms with Crippen molar-refractivity contribution in [2.24, 2.45) is 0 Å². The van der Waals surface area contributed by atoms with Gasteiger partial charge in [0.1, 0.15) is 13.5 Å². The third-order valence-corrected chi connectivity index (χ3v) is 1.87. The lowest BCUT2D eigenvalue weighted by Gasteiger charge is -2.04. The zero-order chi connectivity index (χ0) is 11.0. The van der Waals surface area contributed by atoms with Crippen LogP contribution in [0.15, 0.2) is 0 Å². The molecule has 7 nitrogen and oxygen atoms in total. The maximum absolute atomic E-state index is 10.8. The van der Waals surface area contributed by atoms with E-state index in [4.69, 9.17) is 4.89 Å². The Kier molecular flexibility index (Phi) is 6.14. The molecule has 0 aromatic heterocycles. The summed E-state index contributed by atoms with van der Waals surface area (Å²) in [6.07, 6.45) is 0. The summed E-state index contributed by atoms with van der Waals surface area (Å²) in [5.74, 6) is -0.647. The van der Waals surface area contributed by atoms with Gasteiger partial charge in [-0.1, -0.05) is 4.52 Å². The van der Waals surface area contributed by atoms with Gasteiger partial charge in [-0.05, 0) is 0 Å². The van der Waals surface area contributed by atoms with Gasteiger partial charge >= 0.3 is 7.82 Å². The van der Waals surface area contributed by atoms with Gasteiger partial charge in [-0.15, -0.1) is 0 Å². The first-order chi connectivity index (χ1) is 6.52. The van der Waals surface area contributed by atoms with Gasteiger partial charge in [0.25, 0.3) is 6.47 Å². The van der Waals surface area contributed by atoms with Crippen LogP contribution in [0.5, 0.6) is 0 Å². The largest absolute Gasteiger partial charge is 0.512 e. The lowest BCUT2D eigenvalue weighted by atomic mass is 10.5. The van der Waals surface area contributed by atoms with Crippen molar-refractivity contribution >= 4 is 20.1 Å². The number of ketones is 1. The summed E-state index contributed by atoms with van der Waals surface area (Å²) < 4.78 is 23.3. The third-order valence-electron chi connectivity index (χ3n) is 0.940. The Morgan fingerprint density at radius 3 is 2.71 bits per heavy atom. The van der Waals surface area contributed by atoms with Gasteiger partial charge < -0.3 is 9.63 Å². The number of rotatable bonds is 8. The molecule has 0 radical (unpaired) electrons. The SMILES string of the molecule is C[CH+]OP(=O)(O)OCC(=O)COC=O. The van der Waals surface area contributed by atoms with E-state index < -0.39 is 26.8 Å². The average Bonchev–Trinajstić information content (AvgIpc) is 2.11. The topological polar surface area (TPSA) is 99.1 Å². The molecule has 0 spiro atoms. The zero-order valence-corrected chi connectivity index (χ0v) is 8.31. The van der Waals surface area contributed by atoms with Crippen molar-refractivity contribution in [2.75, 3.05) is 13.2 Å². The van der Waals surface area contributed by atoms with E-state index in [1.54, 1.807) is 0 Å². The number of Topliss-reactive ketones (excluding diaryl/α,β-unsaturated/α-hetero) is 1. The minimum atomic E-state index is -4.20. The minimum absolute atomic E-state index is 0.0900. The minimum Gasteiger partial charge on any atom is -0.460 e. The fourth-order valence-corrected chi connectivity index (χ4v) is 1.12. The van der Waals surface area contributed by atoms with Gasteiger partial charge in [-0.3, -0.25) is 14.1 Å². The van der Waals surface area contributed by atoms with Crippen LogP contribution >= 0.6 is 7.82 Å². The van der Waals surface area contributed by atoms with E-state index >= 15 is 0 Å². The number of hydrogen-bond donors (Lipinski definition) is 1. The second-order valence-electron chi connectivity index (χ2n) is 2.03. The Labute approximate surface area is 80.6 Å². The summed E-state index contributed by atoms with van der Waals surface area (Å²) in [5.41, 5.74) is 0. The van der Waals surface area contributed by atoms with Crippen LogP contribution in [0, 0.1) is 6.61 Å². The Morgan fingerprint density at radius 2 is 2.21 bits per heavy atom. The van der Waals surface area contributed by atoms with Crippen LogP contribution in [0.4, 0.5) is 0 Å². The van der Waals surface area contributed by atoms with Crippen molar-refractivity contribution in [3.63, 3.8) is 0 Å². The predicted octanol–water partition coefficient (Wildman–Crippen LogP) is 0.0438. The highest BCUT2D eigenvalue weighted by Gasteiger charge is 2.26. The van der Waals surface area contributed by atoms with Crippen LogP contribution in [0.25, 0.3) is 0 Å². The molecule has 0 heterocycles. The summed E-state index contributed by atoms with van der Waals surface area (Å²) in [4.78, 5) is 29.2. The molecule has 80 valence electrons. The lowest BCUT2D eigenvalue weighted by molar-refractivity contribution is -0.137. The van der Waals surface area contributed by atoms with Gasteiger partial charge in [-0.2, -0.15) is 0 Å². The van der Waals surface area contributed by atoms with Crippen molar-refractivity contribution in [2.45, 2.75) is 6.92 Å². The zero-order valence-electron chi connectivity index (χ0n) is 7.41. The molecule has 0 saturated carbocycles. The fourth-order valence-electron chi connectivity index (χ4n) is 0.486. The van der Waals surface area contributed by atoms with E-state index in [0.717, 1.165) is 6.61 Å². The molecule has 14 heavy (non-hydrogen) atoms. The Balaban J connectivity index is 3.75. The smallest absolute Gasteiger partial charge is 0.460 e. The molecule has 0 aliphatic rings. The second-order valence-corrected chi connectivity index (χ2v) is 3.44. The van der Waals surface area contributed by atoms with Crippen molar-refractivity contribution in [3.05, 3.63) is 6.61 Å². The van der Waals surface area contributed by atoms with Gasteiger partial charge in [0.05, 0.1) is 0 Å². The molecular weight excluding hydrogens is 215 g/mol. The predicted molar refractivity (Wildman–Crippen MR) is 43.9 cm³/mol. The molecule has 0 rings (SSSR count). The maximum Gasteiger partial charge on any atom is 0.512 e. The van der Waals surface area contributed by atoms with Crippen LogP contribution in [-0.2, 0) is 27.9 Å². The highest BCUT2D eigenvalue weighted by atomic mass is 31.2. The van der Waals surface area contributed by atoms with E-state index in [1.807, 2.05) is 0 Å². The highest BCUT2D eigenvalue weighted by Crippen LogP contribution is 2.43. The number of phosphoric ester groups is 1. The standard InChI is InChI=1S/C6H9O7P/c1-2-12-14(9,10)13-4-6(8)3-11-5-7/h2,5H,3-4H2,1H3/p+1. The first kappa shape index (κ1) is 13.1. The summed E-state index contributed by atoms with van der Waals surface area (Å²) >= 11 is 0. The number of hydrogen-bond acceptors (Lipinski definition) is 6. The fraction of sp³-hybridized carbons (Fsp3) is 0.500. The molecular formula is C6H10O7P+. The molecule has 8 heteroatoms. The molecule has 0 fully saturated rings. The van der Waals surface area contributed by atoms with Crippen molar-refractivity contribution < 1.29 is 32.8 Å². The lowest BCUT2D eigenvalue weighted by Crippen LogP contribution is -2.14. The molecule has 0 saturated heterocycles. The Hall–Kier alpha value is -0.880. The van der Waals surface area contributed by atoms with Crippen LogP contribution < -0.4 is 0 Å². The van der Waals surface area contributed by atoms with Gasteiger partial charge in [0, 0.05) is 0 Å². The molecule has 0 aromatic carbocycles. The summed E-state index contributed by atoms with van der Waals surface area (Å²) in [7, 11) is -4.20. The molecule has 1 atom stereocenters. The number of carbonyl (C=O) groups excluding carboxylic acids is 2. The van der Waals surface area contributed by atoms with Crippen LogP contribution in [0.2, 0.25) is 0 Å². The van der Waals surface area contributed by atoms with Crippen LogP contribution in [-0.4, -0.2) is 30.4 Å². The Bertz CT molecular complexity index is 238. The van der Waals surface area contributed by atoms with E-state index in [1.165, 1.54) is 6.92 Å². The monoisotopic (exact) mass is 225 g/mol. The van der Waals surface area contributed by atoms with Crippen LogP contribution in [0.3, 0.4) is 0 Å². The Morgan fingerprint density at radius 1 is 1.57 bits per heavy atom. The molecule has 0 bridgehead atoms. The number of phosphoric acid groups is 1. The molecule has 0 aliphatic carbocycles. The second kappa shape index (κ2) is 6.56. The summed E-state index contributed by atoms with van der Waals surface area (Å²) in [6.45, 7) is 1.28. The average molecular weight is 225 g/mol. The summed E-state index contributed by atoms with van der Waals surface area (Å²) in [5, 5.41) is 0. The van der Waals surface area contributed by atoms with E-state index in [2.05, 4.69) is 13.8 Å². The van der Waals surface area contributed by atoms with E-state index in [9.17, 15) is 14.2 Å². The number of ether oxygens (including phenoxy) is 1. The normalized spacial score (nSPS) is 14.1. The number of carbonyl (C=O) groups is 2. The van der Waals surface area contributed by atoms with Gasteiger partial charge in [0.2, 0.25) is 6.61 Å². The molecule has 0 aromatic rings. The molecule has 1 unspecified atom stereocenters. The quantitative estimate of drug-likeness (QED) is 0.353.